The van der Waals surface area contributed by atoms with Crippen LogP contribution < -0.4 is 5.32 Å². The number of aryl methyl sites for hydroxylation is 1. The molecule has 0 aliphatic heterocycles. The molecule has 0 aromatic carbocycles. The van der Waals surface area contributed by atoms with Crippen molar-refractivity contribution in [2.24, 2.45) is 0 Å². The van der Waals surface area contributed by atoms with Gasteiger partial charge in [0.05, 0.1) is 5.69 Å². The molecule has 0 aliphatic rings. The lowest BCUT2D eigenvalue weighted by atomic mass is 10.6. The maximum Gasteiger partial charge on any atom is 0.344 e. The van der Waals surface area contributed by atoms with Crippen molar-refractivity contribution in [1.29, 1.82) is 0 Å². The summed E-state index contributed by atoms with van der Waals surface area (Å²) in [7, 11) is -3.97. The summed E-state index contributed by atoms with van der Waals surface area (Å²) in [6.07, 6.45) is -0.361. The van der Waals surface area contributed by atoms with Crippen LogP contribution in [0.5, 0.6) is 0 Å². The average molecular weight is 208 g/mol. The standard InChI is InChI=1S/C5H9N2O3PS/c1-4-2-12-5(7-4)6-3-11(8,9)10/h2H,3H2,1H3,(H,6,7)(H2,8,9,10). The van der Waals surface area contributed by atoms with Crippen molar-refractivity contribution in [1.82, 2.24) is 4.98 Å². The Morgan fingerprint density at radius 2 is 2.42 bits per heavy atom. The van der Waals surface area contributed by atoms with E-state index in [1.165, 1.54) is 11.3 Å². The summed E-state index contributed by atoms with van der Waals surface area (Å²) >= 11 is 1.32. The Bertz CT molecular complexity index is 307. The lowest BCUT2D eigenvalue weighted by Gasteiger charge is -2.03. The van der Waals surface area contributed by atoms with E-state index in [0.717, 1.165) is 5.69 Å². The van der Waals surface area contributed by atoms with Gasteiger partial charge < -0.3 is 15.1 Å². The van der Waals surface area contributed by atoms with E-state index in [2.05, 4.69) is 10.3 Å². The molecule has 0 atom stereocenters. The molecule has 0 fully saturated rings. The highest BCUT2D eigenvalue weighted by Crippen LogP contribution is 2.34. The lowest BCUT2D eigenvalue weighted by Crippen LogP contribution is -2.01. The second-order valence-electron chi connectivity index (χ2n) is 2.29. The Morgan fingerprint density at radius 3 is 2.83 bits per heavy atom. The molecule has 12 heavy (non-hydrogen) atoms. The molecule has 68 valence electrons. The van der Waals surface area contributed by atoms with Gasteiger partial charge >= 0.3 is 7.60 Å². The molecule has 1 aromatic heterocycles. The van der Waals surface area contributed by atoms with Gasteiger partial charge in [-0.1, -0.05) is 0 Å². The quantitative estimate of drug-likeness (QED) is 0.645. The SMILES string of the molecule is Cc1csc(NCP(=O)(O)O)n1. The molecule has 0 unspecified atom stereocenters. The van der Waals surface area contributed by atoms with Crippen LogP contribution in [0.2, 0.25) is 0 Å². The first kappa shape index (κ1) is 9.67. The first-order chi connectivity index (χ1) is 5.47. The van der Waals surface area contributed by atoms with E-state index < -0.39 is 7.60 Å². The van der Waals surface area contributed by atoms with Crippen molar-refractivity contribution in [3.63, 3.8) is 0 Å². The average Bonchev–Trinajstić information content (AvgIpc) is 2.30. The third-order valence-corrected chi connectivity index (χ3v) is 2.54. The number of hydrogen-bond donors (Lipinski definition) is 3. The van der Waals surface area contributed by atoms with Crippen molar-refractivity contribution in [2.75, 3.05) is 11.6 Å². The number of thiazole rings is 1. The first-order valence-electron chi connectivity index (χ1n) is 3.18. The van der Waals surface area contributed by atoms with Crippen LogP contribution in [0.25, 0.3) is 0 Å². The monoisotopic (exact) mass is 208 g/mol. The normalized spacial score (nSPS) is 11.6. The molecule has 7 heteroatoms. The van der Waals surface area contributed by atoms with Gasteiger partial charge in [-0.25, -0.2) is 4.98 Å². The van der Waals surface area contributed by atoms with Crippen LogP contribution in [-0.2, 0) is 4.57 Å². The highest BCUT2D eigenvalue weighted by atomic mass is 32.1. The van der Waals surface area contributed by atoms with E-state index in [-0.39, 0.29) is 6.29 Å². The van der Waals surface area contributed by atoms with Gasteiger partial charge in [-0.05, 0) is 6.92 Å². The summed E-state index contributed by atoms with van der Waals surface area (Å²) in [6, 6.07) is 0. The van der Waals surface area contributed by atoms with Gasteiger partial charge in [0.15, 0.2) is 5.13 Å². The van der Waals surface area contributed by atoms with Gasteiger partial charge in [0.1, 0.15) is 6.29 Å². The lowest BCUT2D eigenvalue weighted by molar-refractivity contribution is 0.375. The molecule has 0 radical (unpaired) electrons. The maximum atomic E-state index is 10.4. The molecule has 0 saturated heterocycles. The smallest absolute Gasteiger partial charge is 0.344 e. The van der Waals surface area contributed by atoms with Crippen LogP contribution >= 0.6 is 18.9 Å². The molecule has 0 aliphatic carbocycles. The summed E-state index contributed by atoms with van der Waals surface area (Å²) < 4.78 is 10.4. The van der Waals surface area contributed by atoms with E-state index in [4.69, 9.17) is 9.79 Å². The largest absolute Gasteiger partial charge is 0.350 e. The molecule has 1 aromatic rings. The zero-order chi connectivity index (χ0) is 9.19. The predicted molar refractivity (Wildman–Crippen MR) is 47.4 cm³/mol. The van der Waals surface area contributed by atoms with E-state index in [1.54, 1.807) is 0 Å². The van der Waals surface area contributed by atoms with E-state index in [0.29, 0.717) is 5.13 Å². The fourth-order valence-corrected chi connectivity index (χ4v) is 1.76. The van der Waals surface area contributed by atoms with Crippen LogP contribution in [-0.4, -0.2) is 21.1 Å². The molecule has 0 spiro atoms. The number of anilines is 1. The number of hydrogen-bond acceptors (Lipinski definition) is 4. The van der Waals surface area contributed by atoms with Crippen molar-refractivity contribution < 1.29 is 14.4 Å². The Hall–Kier alpha value is -0.420. The zero-order valence-electron chi connectivity index (χ0n) is 6.39. The minimum Gasteiger partial charge on any atom is -0.350 e. The van der Waals surface area contributed by atoms with Gasteiger partial charge in [0.2, 0.25) is 0 Å². The molecule has 3 N–H and O–H groups in total. The molecule has 0 amide bonds. The number of nitrogens with zero attached hydrogens (tertiary/aromatic N) is 1. The minimum atomic E-state index is -3.97. The van der Waals surface area contributed by atoms with E-state index in [9.17, 15) is 4.57 Å². The first-order valence-corrected chi connectivity index (χ1v) is 5.86. The third-order valence-electron chi connectivity index (χ3n) is 1.06. The summed E-state index contributed by atoms with van der Waals surface area (Å²) in [5, 5.41) is 4.90. The summed E-state index contributed by atoms with van der Waals surface area (Å²) in [4.78, 5) is 21.0. The Kier molecular flexibility index (Phi) is 2.85. The van der Waals surface area contributed by atoms with Crippen LogP contribution in [0.4, 0.5) is 5.13 Å². The van der Waals surface area contributed by atoms with Crippen LogP contribution in [0.1, 0.15) is 5.69 Å². The highest BCUT2D eigenvalue weighted by Gasteiger charge is 2.12. The second-order valence-corrected chi connectivity index (χ2v) is 4.80. The topological polar surface area (TPSA) is 82.5 Å². The van der Waals surface area contributed by atoms with Crippen molar-refractivity contribution in [3.8, 4) is 0 Å². The molecular formula is C5H9N2O3PS. The maximum absolute atomic E-state index is 10.4. The fraction of sp³-hybridized carbons (Fsp3) is 0.400. The van der Waals surface area contributed by atoms with Crippen LogP contribution in [0, 0.1) is 6.92 Å². The summed E-state index contributed by atoms with van der Waals surface area (Å²) in [5.41, 5.74) is 0.841. The molecule has 0 saturated carbocycles. The van der Waals surface area contributed by atoms with Gasteiger partial charge in [0.25, 0.3) is 0 Å². The van der Waals surface area contributed by atoms with Gasteiger partial charge in [-0.2, -0.15) is 0 Å². The van der Waals surface area contributed by atoms with Gasteiger partial charge in [0, 0.05) is 5.38 Å². The highest BCUT2D eigenvalue weighted by molar-refractivity contribution is 7.51. The van der Waals surface area contributed by atoms with E-state index >= 15 is 0 Å². The Labute approximate surface area is 73.6 Å². The second kappa shape index (κ2) is 3.53. The summed E-state index contributed by atoms with van der Waals surface area (Å²) in [6.45, 7) is 1.82. The summed E-state index contributed by atoms with van der Waals surface area (Å²) in [5.74, 6) is 0. The fourth-order valence-electron chi connectivity index (χ4n) is 0.606. The third kappa shape index (κ3) is 3.32. The zero-order valence-corrected chi connectivity index (χ0v) is 8.10. The molecule has 0 bridgehead atoms. The minimum absolute atomic E-state index is 0.361. The van der Waals surface area contributed by atoms with E-state index in [1.807, 2.05) is 12.3 Å². The Balaban J connectivity index is 2.49. The van der Waals surface area contributed by atoms with Gasteiger partial charge in [-0.3, -0.25) is 4.57 Å². The van der Waals surface area contributed by atoms with Crippen molar-refractivity contribution >= 4 is 24.1 Å². The predicted octanol–water partition coefficient (Wildman–Crippen LogP) is 0.999. The van der Waals surface area contributed by atoms with Crippen LogP contribution in [0.3, 0.4) is 0 Å². The molecule has 1 heterocycles. The van der Waals surface area contributed by atoms with Gasteiger partial charge in [-0.15, -0.1) is 11.3 Å². The molecule has 1 rings (SSSR count). The molecular weight excluding hydrogens is 199 g/mol. The van der Waals surface area contributed by atoms with Crippen molar-refractivity contribution in [3.05, 3.63) is 11.1 Å². The molecule has 5 nitrogen and oxygen atoms in total. The number of aromatic nitrogens is 1. The van der Waals surface area contributed by atoms with Crippen LogP contribution in [0.15, 0.2) is 5.38 Å². The number of nitrogens with one attached hydrogen (secondary N) is 1. The van der Waals surface area contributed by atoms with Crippen molar-refractivity contribution in [2.45, 2.75) is 6.92 Å². The number of rotatable bonds is 3. The Morgan fingerprint density at radius 1 is 1.75 bits per heavy atom.